The zero-order valence-electron chi connectivity index (χ0n) is 18.8. The number of amides is 1. The molecule has 0 atom stereocenters. The molecular weight excluding hydrogens is 388 g/mol. The molecule has 0 aliphatic carbocycles. The first-order valence-corrected chi connectivity index (χ1v) is 10.8. The van der Waals surface area contributed by atoms with E-state index in [2.05, 4.69) is 41.9 Å². The van der Waals surface area contributed by atoms with Crippen molar-refractivity contribution >= 4 is 17.5 Å². The fourth-order valence-electron chi connectivity index (χ4n) is 4.19. The van der Waals surface area contributed by atoms with Crippen LogP contribution >= 0.6 is 0 Å². The van der Waals surface area contributed by atoms with Crippen molar-refractivity contribution in [3.63, 3.8) is 0 Å². The number of piperazine rings is 1. The molecule has 2 aromatic carbocycles. The highest BCUT2D eigenvalue weighted by molar-refractivity contribution is 5.83. The van der Waals surface area contributed by atoms with Crippen LogP contribution in [-0.4, -0.2) is 55.6 Å². The Balaban J connectivity index is 1.40. The Hall–Kier alpha value is -3.28. The van der Waals surface area contributed by atoms with Crippen LogP contribution in [0.1, 0.15) is 17.0 Å². The first kappa shape index (κ1) is 21.0. The lowest BCUT2D eigenvalue weighted by atomic mass is 10.1. The average Bonchev–Trinajstić information content (AvgIpc) is 3.16. The molecule has 4 rings (SSSR count). The van der Waals surface area contributed by atoms with Crippen LogP contribution in [-0.2, 0) is 4.79 Å². The summed E-state index contributed by atoms with van der Waals surface area (Å²) in [6.07, 6.45) is 0. The zero-order valence-corrected chi connectivity index (χ0v) is 18.8. The number of hydrogen-bond donors (Lipinski definition) is 0. The molecular formula is C25H30N4O2. The summed E-state index contributed by atoms with van der Waals surface area (Å²) < 4.78 is 5.85. The monoisotopic (exact) mass is 418 g/mol. The molecule has 2 heterocycles. The van der Waals surface area contributed by atoms with Crippen molar-refractivity contribution in [1.29, 1.82) is 0 Å². The van der Waals surface area contributed by atoms with E-state index in [0.29, 0.717) is 11.8 Å². The maximum Gasteiger partial charge on any atom is 0.242 e. The Kier molecular flexibility index (Phi) is 5.98. The van der Waals surface area contributed by atoms with Crippen LogP contribution in [0.15, 0.2) is 52.9 Å². The number of anilines is 2. The van der Waals surface area contributed by atoms with Crippen LogP contribution in [0.5, 0.6) is 0 Å². The standard InChI is InChI=1S/C25H30N4O2/c1-18-10-11-22(19(2)16-18)28-12-14-29(15-13-28)23(30)17-27(4)25-24(26-20(3)31-25)21-8-6-5-7-9-21/h5-11,16H,12-15,17H2,1-4H3. The largest absolute Gasteiger partial charge is 0.425 e. The second-order valence-electron chi connectivity index (χ2n) is 8.27. The van der Waals surface area contributed by atoms with Gasteiger partial charge in [0.1, 0.15) is 5.69 Å². The van der Waals surface area contributed by atoms with Crippen LogP contribution in [0.2, 0.25) is 0 Å². The number of carbonyl (C=O) groups excluding carboxylic acids is 1. The SMILES string of the molecule is Cc1ccc(N2CCN(C(=O)CN(C)c3oc(C)nc3-c3ccccc3)CC2)c(C)c1. The number of aryl methyl sites for hydroxylation is 3. The number of hydrogen-bond acceptors (Lipinski definition) is 5. The normalized spacial score (nSPS) is 14.1. The maximum atomic E-state index is 13.0. The summed E-state index contributed by atoms with van der Waals surface area (Å²) in [4.78, 5) is 23.7. The van der Waals surface area contributed by atoms with Gasteiger partial charge in [0, 0.05) is 51.4 Å². The van der Waals surface area contributed by atoms with Gasteiger partial charge in [-0.3, -0.25) is 4.79 Å². The minimum atomic E-state index is 0.107. The van der Waals surface area contributed by atoms with Crippen molar-refractivity contribution < 1.29 is 9.21 Å². The number of aromatic nitrogens is 1. The fraction of sp³-hybridized carbons (Fsp3) is 0.360. The second kappa shape index (κ2) is 8.84. The van der Waals surface area contributed by atoms with Gasteiger partial charge in [0.2, 0.25) is 11.8 Å². The highest BCUT2D eigenvalue weighted by atomic mass is 16.4. The molecule has 0 bridgehead atoms. The van der Waals surface area contributed by atoms with Gasteiger partial charge in [0.25, 0.3) is 0 Å². The predicted molar refractivity (Wildman–Crippen MR) is 125 cm³/mol. The van der Waals surface area contributed by atoms with Crippen LogP contribution in [0.3, 0.4) is 0 Å². The lowest BCUT2D eigenvalue weighted by Crippen LogP contribution is -2.51. The van der Waals surface area contributed by atoms with Crippen LogP contribution in [0, 0.1) is 20.8 Å². The van der Waals surface area contributed by atoms with Crippen molar-refractivity contribution in [2.24, 2.45) is 0 Å². The van der Waals surface area contributed by atoms with E-state index in [1.165, 1.54) is 16.8 Å². The highest BCUT2D eigenvalue weighted by Gasteiger charge is 2.25. The maximum absolute atomic E-state index is 13.0. The molecule has 6 heteroatoms. The van der Waals surface area contributed by atoms with E-state index in [1.54, 1.807) is 0 Å². The van der Waals surface area contributed by atoms with Gasteiger partial charge < -0.3 is 19.1 Å². The lowest BCUT2D eigenvalue weighted by Gasteiger charge is -2.37. The number of rotatable bonds is 5. The molecule has 0 N–H and O–H groups in total. The topological polar surface area (TPSA) is 52.8 Å². The molecule has 31 heavy (non-hydrogen) atoms. The second-order valence-corrected chi connectivity index (χ2v) is 8.27. The number of likely N-dealkylation sites (N-methyl/N-ethyl adjacent to an activating group) is 1. The first-order valence-electron chi connectivity index (χ1n) is 10.8. The highest BCUT2D eigenvalue weighted by Crippen LogP contribution is 2.30. The van der Waals surface area contributed by atoms with E-state index >= 15 is 0 Å². The van der Waals surface area contributed by atoms with Gasteiger partial charge in [-0.05, 0) is 25.5 Å². The number of benzene rings is 2. The first-order chi connectivity index (χ1) is 14.9. The van der Waals surface area contributed by atoms with E-state index in [0.717, 1.165) is 37.4 Å². The molecule has 1 saturated heterocycles. The minimum Gasteiger partial charge on any atom is -0.425 e. The van der Waals surface area contributed by atoms with Gasteiger partial charge in [-0.1, -0.05) is 48.0 Å². The third-order valence-corrected chi connectivity index (χ3v) is 5.81. The summed E-state index contributed by atoms with van der Waals surface area (Å²) in [6.45, 7) is 9.49. The van der Waals surface area contributed by atoms with Crippen molar-refractivity contribution in [1.82, 2.24) is 9.88 Å². The third kappa shape index (κ3) is 4.58. The smallest absolute Gasteiger partial charge is 0.242 e. The van der Waals surface area contributed by atoms with Gasteiger partial charge in [-0.2, -0.15) is 0 Å². The fourth-order valence-corrected chi connectivity index (χ4v) is 4.19. The van der Waals surface area contributed by atoms with E-state index < -0.39 is 0 Å². The Morgan fingerprint density at radius 1 is 1.03 bits per heavy atom. The molecule has 3 aromatic rings. The summed E-state index contributed by atoms with van der Waals surface area (Å²) >= 11 is 0. The Morgan fingerprint density at radius 2 is 1.74 bits per heavy atom. The average molecular weight is 419 g/mol. The van der Waals surface area contributed by atoms with Gasteiger partial charge >= 0.3 is 0 Å². The number of nitrogens with zero attached hydrogens (tertiary/aromatic N) is 4. The van der Waals surface area contributed by atoms with Crippen molar-refractivity contribution in [2.75, 3.05) is 49.6 Å². The van der Waals surface area contributed by atoms with E-state index in [-0.39, 0.29) is 12.5 Å². The Morgan fingerprint density at radius 3 is 2.42 bits per heavy atom. The molecule has 6 nitrogen and oxygen atoms in total. The third-order valence-electron chi connectivity index (χ3n) is 5.81. The van der Waals surface area contributed by atoms with Gasteiger partial charge in [0.05, 0.1) is 6.54 Å². The number of oxazole rings is 1. The molecule has 1 fully saturated rings. The summed E-state index contributed by atoms with van der Waals surface area (Å²) in [5.41, 5.74) is 5.58. The number of carbonyl (C=O) groups is 1. The van der Waals surface area contributed by atoms with Gasteiger partial charge in [-0.25, -0.2) is 4.98 Å². The summed E-state index contributed by atoms with van der Waals surface area (Å²) in [5, 5.41) is 0. The van der Waals surface area contributed by atoms with Crippen molar-refractivity contribution in [2.45, 2.75) is 20.8 Å². The van der Waals surface area contributed by atoms with E-state index in [9.17, 15) is 4.79 Å². The molecule has 1 aliphatic rings. The zero-order chi connectivity index (χ0) is 22.0. The molecule has 1 aliphatic heterocycles. The molecule has 1 amide bonds. The van der Waals surface area contributed by atoms with Crippen LogP contribution < -0.4 is 9.80 Å². The summed E-state index contributed by atoms with van der Waals surface area (Å²) in [6, 6.07) is 16.5. The molecule has 0 radical (unpaired) electrons. The lowest BCUT2D eigenvalue weighted by molar-refractivity contribution is -0.130. The molecule has 1 aromatic heterocycles. The van der Waals surface area contributed by atoms with Gasteiger partial charge in [0.15, 0.2) is 5.89 Å². The van der Waals surface area contributed by atoms with Crippen molar-refractivity contribution in [3.05, 3.63) is 65.5 Å². The molecule has 0 unspecified atom stereocenters. The summed E-state index contributed by atoms with van der Waals surface area (Å²) in [7, 11) is 1.89. The molecule has 162 valence electrons. The van der Waals surface area contributed by atoms with E-state index in [4.69, 9.17) is 4.42 Å². The van der Waals surface area contributed by atoms with E-state index in [1.807, 2.05) is 54.1 Å². The van der Waals surface area contributed by atoms with Crippen molar-refractivity contribution in [3.8, 4) is 11.3 Å². The van der Waals surface area contributed by atoms with Gasteiger partial charge in [-0.15, -0.1) is 0 Å². The quantitative estimate of drug-likeness (QED) is 0.626. The van der Waals surface area contributed by atoms with Crippen LogP contribution in [0.4, 0.5) is 11.6 Å². The van der Waals surface area contributed by atoms with Crippen LogP contribution in [0.25, 0.3) is 11.3 Å². The Labute approximate surface area is 184 Å². The summed E-state index contributed by atoms with van der Waals surface area (Å²) in [5.74, 6) is 1.33. The molecule has 0 spiro atoms. The minimum absolute atomic E-state index is 0.107. The Bertz CT molecular complexity index is 1050. The molecule has 0 saturated carbocycles. The predicted octanol–water partition coefficient (Wildman–Crippen LogP) is 4.05.